The molecule has 1 fully saturated rings. The fourth-order valence-electron chi connectivity index (χ4n) is 3.57. The molecule has 1 aromatic heterocycles. The number of nitrogens with two attached hydrogens (primary N) is 1. The van der Waals surface area contributed by atoms with Crippen LogP contribution in [0.4, 0.5) is 0 Å². The fourth-order valence-corrected chi connectivity index (χ4v) is 4.84. The van der Waals surface area contributed by atoms with Crippen LogP contribution < -0.4 is 5.73 Å². The summed E-state index contributed by atoms with van der Waals surface area (Å²) in [6.45, 7) is 0.857. The molecule has 1 nitrogen and oxygen atoms in total. The van der Waals surface area contributed by atoms with Gasteiger partial charge in [0, 0.05) is 16.8 Å². The van der Waals surface area contributed by atoms with Crippen LogP contribution in [0.3, 0.4) is 0 Å². The van der Waals surface area contributed by atoms with Crippen molar-refractivity contribution < 1.29 is 0 Å². The second kappa shape index (κ2) is 4.15. The molecule has 2 heteroatoms. The first-order chi connectivity index (χ1) is 7.86. The Morgan fingerprint density at radius 1 is 1.12 bits per heavy atom. The molecule has 0 atom stereocenters. The number of thiophene rings is 1. The third-order valence-electron chi connectivity index (χ3n) is 4.58. The summed E-state index contributed by atoms with van der Waals surface area (Å²) < 4.78 is 0. The fraction of sp³-hybridized carbons (Fsp3) is 0.714. The van der Waals surface area contributed by atoms with Gasteiger partial charge in [-0.25, -0.2) is 0 Å². The van der Waals surface area contributed by atoms with Crippen LogP contribution in [0.2, 0.25) is 0 Å². The molecule has 2 aliphatic carbocycles. The van der Waals surface area contributed by atoms with E-state index in [0.29, 0.717) is 5.41 Å². The third-order valence-corrected chi connectivity index (χ3v) is 5.67. The van der Waals surface area contributed by atoms with Gasteiger partial charge in [0.25, 0.3) is 0 Å². The summed E-state index contributed by atoms with van der Waals surface area (Å²) >= 11 is 2.00. The van der Waals surface area contributed by atoms with E-state index < -0.39 is 0 Å². The second-order valence-electron chi connectivity index (χ2n) is 5.45. The normalized spacial score (nSPS) is 23.3. The summed E-state index contributed by atoms with van der Waals surface area (Å²) in [6, 6.07) is 0. The van der Waals surface area contributed by atoms with E-state index in [0.717, 1.165) is 6.54 Å². The molecular formula is C14H21NS. The van der Waals surface area contributed by atoms with Gasteiger partial charge in [-0.1, -0.05) is 12.8 Å². The van der Waals surface area contributed by atoms with E-state index in [2.05, 4.69) is 5.38 Å². The lowest BCUT2D eigenvalue weighted by molar-refractivity contribution is 0.448. The zero-order valence-corrected chi connectivity index (χ0v) is 10.7. The van der Waals surface area contributed by atoms with Crippen molar-refractivity contribution in [3.8, 4) is 0 Å². The molecule has 2 aliphatic rings. The molecule has 0 saturated heterocycles. The predicted molar refractivity (Wildman–Crippen MR) is 70.2 cm³/mol. The Bertz CT molecular complexity index is 374. The predicted octanol–water partition coefficient (Wildman–Crippen LogP) is 3.40. The van der Waals surface area contributed by atoms with Crippen LogP contribution in [0, 0.1) is 0 Å². The van der Waals surface area contributed by atoms with Crippen LogP contribution >= 0.6 is 11.3 Å². The molecule has 2 N–H and O–H groups in total. The Hall–Kier alpha value is -0.340. The maximum Gasteiger partial charge on any atom is 0.00866 e. The zero-order chi connectivity index (χ0) is 11.0. The van der Waals surface area contributed by atoms with Crippen molar-refractivity contribution in [3.63, 3.8) is 0 Å². The number of aryl methyl sites for hydroxylation is 1. The minimum Gasteiger partial charge on any atom is -0.330 e. The Morgan fingerprint density at radius 3 is 2.62 bits per heavy atom. The van der Waals surface area contributed by atoms with E-state index in [1.165, 1.54) is 51.4 Å². The van der Waals surface area contributed by atoms with Gasteiger partial charge in [-0.3, -0.25) is 0 Å². The highest BCUT2D eigenvalue weighted by Gasteiger charge is 2.37. The molecule has 0 spiro atoms. The van der Waals surface area contributed by atoms with Gasteiger partial charge < -0.3 is 5.73 Å². The molecule has 16 heavy (non-hydrogen) atoms. The summed E-state index contributed by atoms with van der Waals surface area (Å²) in [5.74, 6) is 0. The number of hydrogen-bond donors (Lipinski definition) is 1. The van der Waals surface area contributed by atoms with Gasteiger partial charge >= 0.3 is 0 Å². The topological polar surface area (TPSA) is 26.0 Å². The maximum atomic E-state index is 6.10. The van der Waals surface area contributed by atoms with Gasteiger partial charge in [-0.2, -0.15) is 0 Å². The van der Waals surface area contributed by atoms with E-state index in [1.807, 2.05) is 11.3 Å². The van der Waals surface area contributed by atoms with Crippen molar-refractivity contribution in [3.05, 3.63) is 21.4 Å². The van der Waals surface area contributed by atoms with Crippen LogP contribution in [0.5, 0.6) is 0 Å². The molecule has 0 bridgehead atoms. The molecule has 0 radical (unpaired) electrons. The minimum atomic E-state index is 0.363. The zero-order valence-electron chi connectivity index (χ0n) is 9.93. The Morgan fingerprint density at radius 2 is 1.88 bits per heavy atom. The molecule has 0 amide bonds. The first kappa shape index (κ1) is 10.8. The average Bonchev–Trinajstić information content (AvgIpc) is 2.96. The van der Waals surface area contributed by atoms with Crippen molar-refractivity contribution in [2.24, 2.45) is 5.73 Å². The largest absolute Gasteiger partial charge is 0.330 e. The van der Waals surface area contributed by atoms with Crippen LogP contribution in [-0.2, 0) is 18.3 Å². The molecule has 0 unspecified atom stereocenters. The molecule has 1 heterocycles. The first-order valence-corrected chi connectivity index (χ1v) is 7.53. The molecule has 3 rings (SSSR count). The average molecular weight is 235 g/mol. The van der Waals surface area contributed by atoms with E-state index in [-0.39, 0.29) is 0 Å². The van der Waals surface area contributed by atoms with E-state index in [9.17, 15) is 0 Å². The summed E-state index contributed by atoms with van der Waals surface area (Å²) in [5, 5.41) is 2.44. The lowest BCUT2D eigenvalue weighted by Gasteiger charge is -2.29. The van der Waals surface area contributed by atoms with Crippen LogP contribution in [-0.4, -0.2) is 6.54 Å². The van der Waals surface area contributed by atoms with Crippen LogP contribution in [0.25, 0.3) is 0 Å². The number of rotatable bonds is 2. The van der Waals surface area contributed by atoms with E-state index in [1.54, 1.807) is 16.0 Å². The van der Waals surface area contributed by atoms with Gasteiger partial charge in [0.15, 0.2) is 0 Å². The van der Waals surface area contributed by atoms with Crippen molar-refractivity contribution in [2.75, 3.05) is 6.54 Å². The van der Waals surface area contributed by atoms with Crippen molar-refractivity contribution >= 4 is 11.3 Å². The quantitative estimate of drug-likeness (QED) is 0.835. The molecule has 0 aromatic carbocycles. The van der Waals surface area contributed by atoms with E-state index >= 15 is 0 Å². The lowest BCUT2D eigenvalue weighted by Crippen LogP contribution is -2.32. The van der Waals surface area contributed by atoms with Crippen LogP contribution in [0.1, 0.15) is 54.5 Å². The van der Waals surface area contributed by atoms with Gasteiger partial charge in [0.2, 0.25) is 0 Å². The number of hydrogen-bond acceptors (Lipinski definition) is 2. The summed E-state index contributed by atoms with van der Waals surface area (Å²) in [7, 11) is 0. The highest BCUT2D eigenvalue weighted by atomic mass is 32.1. The van der Waals surface area contributed by atoms with Crippen LogP contribution in [0.15, 0.2) is 5.38 Å². The standard InChI is InChI=1S/C14H21NS/c15-10-14(7-3-4-8-14)12-9-16-13-6-2-1-5-11(12)13/h9H,1-8,10,15H2. The first-order valence-electron chi connectivity index (χ1n) is 6.65. The Kier molecular flexibility index (Phi) is 2.80. The van der Waals surface area contributed by atoms with Crippen molar-refractivity contribution in [1.82, 2.24) is 0 Å². The monoisotopic (exact) mass is 235 g/mol. The van der Waals surface area contributed by atoms with Gasteiger partial charge in [0.1, 0.15) is 0 Å². The number of fused-ring (bicyclic) bond motifs is 1. The summed E-state index contributed by atoms with van der Waals surface area (Å²) in [5.41, 5.74) is 9.80. The van der Waals surface area contributed by atoms with Gasteiger partial charge in [0.05, 0.1) is 0 Å². The van der Waals surface area contributed by atoms with Crippen molar-refractivity contribution in [2.45, 2.75) is 56.8 Å². The second-order valence-corrected chi connectivity index (χ2v) is 6.41. The highest BCUT2D eigenvalue weighted by Crippen LogP contribution is 2.45. The Balaban J connectivity index is 2.01. The molecular weight excluding hydrogens is 214 g/mol. The molecule has 1 saturated carbocycles. The molecule has 0 aliphatic heterocycles. The third kappa shape index (κ3) is 1.54. The molecule has 1 aromatic rings. The SMILES string of the molecule is NCC1(c2csc3c2CCCC3)CCCC1. The van der Waals surface area contributed by atoms with Gasteiger partial charge in [-0.05, 0) is 55.0 Å². The smallest absolute Gasteiger partial charge is 0.00866 e. The minimum absolute atomic E-state index is 0.363. The van der Waals surface area contributed by atoms with Gasteiger partial charge in [-0.15, -0.1) is 11.3 Å². The highest BCUT2D eigenvalue weighted by molar-refractivity contribution is 7.10. The van der Waals surface area contributed by atoms with E-state index in [4.69, 9.17) is 5.73 Å². The molecule has 88 valence electrons. The lowest BCUT2D eigenvalue weighted by atomic mass is 9.76. The van der Waals surface area contributed by atoms with Crippen molar-refractivity contribution in [1.29, 1.82) is 0 Å². The Labute approximate surface area is 102 Å². The summed E-state index contributed by atoms with van der Waals surface area (Å²) in [4.78, 5) is 1.67. The maximum absolute atomic E-state index is 6.10. The summed E-state index contributed by atoms with van der Waals surface area (Å²) in [6.07, 6.45) is 10.8.